The van der Waals surface area contributed by atoms with E-state index >= 15 is 0 Å². The number of anilines is 1. The van der Waals surface area contributed by atoms with Crippen LogP contribution in [0.2, 0.25) is 0 Å². The van der Waals surface area contributed by atoms with Crippen LogP contribution in [0, 0.1) is 6.92 Å². The minimum absolute atomic E-state index is 0.320. The van der Waals surface area contributed by atoms with Gasteiger partial charge < -0.3 is 15.0 Å². The van der Waals surface area contributed by atoms with Crippen LogP contribution in [0.5, 0.6) is 0 Å². The molecule has 0 radical (unpaired) electrons. The topological polar surface area (TPSA) is 37.4 Å². The number of likely N-dealkylation sites (N-methyl/N-ethyl adjacent to an activating group) is 1. The van der Waals surface area contributed by atoms with Gasteiger partial charge in [0.1, 0.15) is 5.82 Å². The van der Waals surface area contributed by atoms with Crippen LogP contribution in [0.3, 0.4) is 0 Å². The van der Waals surface area contributed by atoms with Crippen molar-refractivity contribution in [2.45, 2.75) is 33.4 Å². The molecule has 102 valence electrons. The Labute approximate surface area is 110 Å². The molecule has 4 nitrogen and oxygen atoms in total. The highest BCUT2D eigenvalue weighted by Crippen LogP contribution is 2.18. The Bertz CT molecular complexity index is 368. The highest BCUT2D eigenvalue weighted by Gasteiger charge is 2.13. The summed E-state index contributed by atoms with van der Waals surface area (Å²) in [6.45, 7) is 8.91. The number of aromatic nitrogens is 1. The molecule has 0 bridgehead atoms. The molecule has 0 saturated carbocycles. The van der Waals surface area contributed by atoms with Crippen LogP contribution in [0.15, 0.2) is 12.3 Å². The number of methoxy groups -OCH3 is 1. The second kappa shape index (κ2) is 7.34. The van der Waals surface area contributed by atoms with E-state index in [2.05, 4.69) is 49.1 Å². The summed E-state index contributed by atoms with van der Waals surface area (Å²) >= 11 is 0. The van der Waals surface area contributed by atoms with E-state index in [1.807, 2.05) is 6.20 Å². The maximum Gasteiger partial charge on any atom is 0.131 e. The van der Waals surface area contributed by atoms with E-state index in [0.717, 1.165) is 18.9 Å². The zero-order valence-electron chi connectivity index (χ0n) is 12.2. The van der Waals surface area contributed by atoms with Crippen molar-refractivity contribution >= 4 is 5.82 Å². The van der Waals surface area contributed by atoms with E-state index in [9.17, 15) is 0 Å². The summed E-state index contributed by atoms with van der Waals surface area (Å²) in [7, 11) is 3.78. The number of hydrogen-bond acceptors (Lipinski definition) is 4. The Morgan fingerprint density at radius 1 is 1.50 bits per heavy atom. The van der Waals surface area contributed by atoms with Crippen molar-refractivity contribution in [3.63, 3.8) is 0 Å². The normalized spacial score (nSPS) is 12.5. The van der Waals surface area contributed by atoms with Gasteiger partial charge >= 0.3 is 0 Å². The minimum Gasteiger partial charge on any atom is -0.383 e. The number of nitrogens with one attached hydrogen (secondary N) is 1. The van der Waals surface area contributed by atoms with Crippen molar-refractivity contribution in [2.24, 2.45) is 0 Å². The average Bonchev–Trinajstić information content (AvgIpc) is 2.36. The van der Waals surface area contributed by atoms with Gasteiger partial charge in [0.2, 0.25) is 0 Å². The molecule has 0 amide bonds. The third-order valence-corrected chi connectivity index (χ3v) is 3.09. The van der Waals surface area contributed by atoms with E-state index in [4.69, 9.17) is 4.74 Å². The lowest BCUT2D eigenvalue weighted by Crippen LogP contribution is -2.33. The van der Waals surface area contributed by atoms with E-state index < -0.39 is 0 Å². The number of aryl methyl sites for hydroxylation is 1. The van der Waals surface area contributed by atoms with Gasteiger partial charge in [-0.05, 0) is 37.6 Å². The average molecular weight is 251 g/mol. The predicted octanol–water partition coefficient (Wildman–Crippen LogP) is 1.97. The molecule has 1 aromatic heterocycles. The molecule has 1 aromatic rings. The van der Waals surface area contributed by atoms with Crippen molar-refractivity contribution in [3.05, 3.63) is 23.4 Å². The Kier molecular flexibility index (Phi) is 6.09. The Morgan fingerprint density at radius 2 is 2.22 bits per heavy atom. The third kappa shape index (κ3) is 3.96. The zero-order valence-corrected chi connectivity index (χ0v) is 12.2. The summed E-state index contributed by atoms with van der Waals surface area (Å²) in [6, 6.07) is 2.52. The molecule has 0 aromatic carbocycles. The number of pyridine rings is 1. The smallest absolute Gasteiger partial charge is 0.131 e. The van der Waals surface area contributed by atoms with Crippen molar-refractivity contribution in [3.8, 4) is 0 Å². The fraction of sp³-hybridized carbons (Fsp3) is 0.643. The fourth-order valence-corrected chi connectivity index (χ4v) is 1.92. The summed E-state index contributed by atoms with van der Waals surface area (Å²) in [4.78, 5) is 6.73. The number of nitrogens with zero attached hydrogens (tertiary/aromatic N) is 2. The summed E-state index contributed by atoms with van der Waals surface area (Å²) in [5.74, 6) is 1.03. The van der Waals surface area contributed by atoms with Crippen LogP contribution >= 0.6 is 0 Å². The number of ether oxygens (including phenoxy) is 1. The SMILES string of the molecule is CCNCc1cnc(N(C)C(C)COC)c(C)c1. The van der Waals surface area contributed by atoms with Gasteiger partial charge in [-0.1, -0.05) is 6.92 Å². The van der Waals surface area contributed by atoms with Gasteiger partial charge in [-0.2, -0.15) is 0 Å². The monoisotopic (exact) mass is 251 g/mol. The van der Waals surface area contributed by atoms with Crippen LogP contribution in [-0.4, -0.2) is 38.3 Å². The second-order valence-corrected chi connectivity index (χ2v) is 4.68. The molecule has 0 spiro atoms. The maximum absolute atomic E-state index is 5.18. The molecule has 1 N–H and O–H groups in total. The molecule has 0 fully saturated rings. The Morgan fingerprint density at radius 3 is 2.78 bits per heavy atom. The largest absolute Gasteiger partial charge is 0.383 e. The van der Waals surface area contributed by atoms with E-state index in [0.29, 0.717) is 12.6 Å². The third-order valence-electron chi connectivity index (χ3n) is 3.09. The predicted molar refractivity (Wildman–Crippen MR) is 76.1 cm³/mol. The molecule has 0 aliphatic rings. The van der Waals surface area contributed by atoms with Crippen LogP contribution in [0.4, 0.5) is 5.82 Å². The van der Waals surface area contributed by atoms with Crippen LogP contribution in [0.1, 0.15) is 25.0 Å². The minimum atomic E-state index is 0.320. The number of rotatable bonds is 7. The number of hydrogen-bond donors (Lipinski definition) is 1. The molecular weight excluding hydrogens is 226 g/mol. The quantitative estimate of drug-likeness (QED) is 0.804. The Balaban J connectivity index is 2.78. The van der Waals surface area contributed by atoms with Crippen molar-refractivity contribution in [2.75, 3.05) is 32.2 Å². The van der Waals surface area contributed by atoms with Gasteiger partial charge in [0, 0.05) is 26.9 Å². The standard InChI is InChI=1S/C14H25N3O/c1-6-15-8-13-7-11(2)14(16-9-13)17(4)12(3)10-18-5/h7,9,12,15H,6,8,10H2,1-5H3. The second-order valence-electron chi connectivity index (χ2n) is 4.68. The van der Waals surface area contributed by atoms with Crippen LogP contribution in [0.25, 0.3) is 0 Å². The first-order chi connectivity index (χ1) is 8.60. The van der Waals surface area contributed by atoms with Crippen LogP contribution in [-0.2, 0) is 11.3 Å². The van der Waals surface area contributed by atoms with Gasteiger partial charge in [0.25, 0.3) is 0 Å². The van der Waals surface area contributed by atoms with Gasteiger partial charge in [-0.15, -0.1) is 0 Å². The first kappa shape index (κ1) is 14.9. The highest BCUT2D eigenvalue weighted by molar-refractivity contribution is 5.47. The van der Waals surface area contributed by atoms with Gasteiger partial charge in [-0.25, -0.2) is 4.98 Å². The lowest BCUT2D eigenvalue weighted by atomic mass is 10.2. The van der Waals surface area contributed by atoms with Gasteiger partial charge in [0.05, 0.1) is 12.6 Å². The van der Waals surface area contributed by atoms with Crippen molar-refractivity contribution < 1.29 is 4.74 Å². The summed E-state index contributed by atoms with van der Waals surface area (Å²) < 4.78 is 5.18. The highest BCUT2D eigenvalue weighted by atomic mass is 16.5. The van der Waals surface area contributed by atoms with Gasteiger partial charge in [0.15, 0.2) is 0 Å². The summed E-state index contributed by atoms with van der Waals surface area (Å²) in [6.07, 6.45) is 1.95. The zero-order chi connectivity index (χ0) is 13.5. The molecule has 18 heavy (non-hydrogen) atoms. The maximum atomic E-state index is 5.18. The van der Waals surface area contributed by atoms with E-state index in [-0.39, 0.29) is 0 Å². The molecule has 1 heterocycles. The van der Waals surface area contributed by atoms with Crippen molar-refractivity contribution in [1.29, 1.82) is 0 Å². The molecule has 4 heteroatoms. The molecule has 1 rings (SSSR count). The molecule has 1 atom stereocenters. The lowest BCUT2D eigenvalue weighted by molar-refractivity contribution is 0.183. The van der Waals surface area contributed by atoms with Crippen molar-refractivity contribution in [1.82, 2.24) is 10.3 Å². The summed E-state index contributed by atoms with van der Waals surface area (Å²) in [5.41, 5.74) is 2.43. The van der Waals surface area contributed by atoms with E-state index in [1.165, 1.54) is 11.1 Å². The van der Waals surface area contributed by atoms with Gasteiger partial charge in [-0.3, -0.25) is 0 Å². The first-order valence-electron chi connectivity index (χ1n) is 6.48. The summed E-state index contributed by atoms with van der Waals surface area (Å²) in [5, 5.41) is 3.31. The van der Waals surface area contributed by atoms with E-state index in [1.54, 1.807) is 7.11 Å². The molecule has 1 unspecified atom stereocenters. The molecular formula is C14H25N3O. The molecule has 0 aliphatic heterocycles. The first-order valence-corrected chi connectivity index (χ1v) is 6.48. The fourth-order valence-electron chi connectivity index (χ4n) is 1.92. The Hall–Kier alpha value is -1.13. The van der Waals surface area contributed by atoms with Crippen LogP contribution < -0.4 is 10.2 Å². The lowest BCUT2D eigenvalue weighted by Gasteiger charge is -2.27. The molecule has 0 saturated heterocycles. The molecule has 0 aliphatic carbocycles.